The van der Waals surface area contributed by atoms with Crippen LogP contribution in [0.1, 0.15) is 27.7 Å². The standard InChI is InChI=1S/C13H18ClNO4S/c1-12(2,3)13(4,11(16)17)15-20(18,19)10-7-5-9(14)6-8-10/h5-8,15H,1-4H3,(H,16,17)/t13-/m0/s1. The van der Waals surface area contributed by atoms with Gasteiger partial charge in [0.15, 0.2) is 0 Å². The van der Waals surface area contributed by atoms with Crippen LogP contribution in [-0.2, 0) is 14.8 Å². The Balaban J connectivity index is 3.24. The van der Waals surface area contributed by atoms with Gasteiger partial charge in [0.25, 0.3) is 0 Å². The van der Waals surface area contributed by atoms with Crippen molar-refractivity contribution in [2.75, 3.05) is 0 Å². The van der Waals surface area contributed by atoms with Crippen molar-refractivity contribution in [3.05, 3.63) is 29.3 Å². The van der Waals surface area contributed by atoms with Gasteiger partial charge < -0.3 is 5.11 Å². The lowest BCUT2D eigenvalue weighted by atomic mass is 9.76. The predicted molar refractivity (Wildman–Crippen MR) is 77.3 cm³/mol. The Hall–Kier alpha value is -1.11. The third kappa shape index (κ3) is 3.31. The summed E-state index contributed by atoms with van der Waals surface area (Å²) >= 11 is 5.71. The molecule has 1 aromatic rings. The van der Waals surface area contributed by atoms with Crippen molar-refractivity contribution in [2.24, 2.45) is 5.41 Å². The summed E-state index contributed by atoms with van der Waals surface area (Å²) in [7, 11) is -3.95. The maximum absolute atomic E-state index is 12.3. The maximum atomic E-state index is 12.3. The van der Waals surface area contributed by atoms with E-state index in [1.165, 1.54) is 31.2 Å². The van der Waals surface area contributed by atoms with E-state index >= 15 is 0 Å². The average Bonchev–Trinajstić information content (AvgIpc) is 2.27. The molecule has 0 bridgehead atoms. The zero-order chi connectivity index (χ0) is 15.8. The number of hydrogen-bond donors (Lipinski definition) is 2. The highest BCUT2D eigenvalue weighted by atomic mass is 35.5. The van der Waals surface area contributed by atoms with Crippen LogP contribution in [0.15, 0.2) is 29.2 Å². The summed E-state index contributed by atoms with van der Waals surface area (Å²) in [5.41, 5.74) is -2.44. The number of hydrogen-bond acceptors (Lipinski definition) is 3. The second-order valence-electron chi connectivity index (χ2n) is 5.74. The summed E-state index contributed by atoms with van der Waals surface area (Å²) < 4.78 is 26.9. The number of rotatable bonds is 4. The first-order valence-corrected chi connectivity index (χ1v) is 7.79. The first-order chi connectivity index (χ1) is 8.90. The van der Waals surface area contributed by atoms with Gasteiger partial charge in [-0.15, -0.1) is 0 Å². The molecule has 0 fully saturated rings. The fraction of sp³-hybridized carbons (Fsp3) is 0.462. The monoisotopic (exact) mass is 319 g/mol. The van der Waals surface area contributed by atoms with Crippen molar-refractivity contribution in [1.82, 2.24) is 4.72 Å². The third-order valence-corrected chi connectivity index (χ3v) is 5.21. The van der Waals surface area contributed by atoms with Crippen molar-refractivity contribution in [1.29, 1.82) is 0 Å². The van der Waals surface area contributed by atoms with Crippen LogP contribution in [-0.4, -0.2) is 25.0 Å². The van der Waals surface area contributed by atoms with E-state index in [9.17, 15) is 18.3 Å². The van der Waals surface area contributed by atoms with Crippen molar-refractivity contribution < 1.29 is 18.3 Å². The summed E-state index contributed by atoms with van der Waals surface area (Å²) in [6.45, 7) is 6.32. The molecule has 5 nitrogen and oxygen atoms in total. The molecular weight excluding hydrogens is 302 g/mol. The molecule has 0 saturated carbocycles. The minimum absolute atomic E-state index is 0.0291. The zero-order valence-electron chi connectivity index (χ0n) is 11.8. The van der Waals surface area contributed by atoms with Crippen LogP contribution in [0.2, 0.25) is 5.02 Å². The molecule has 0 aliphatic carbocycles. The van der Waals surface area contributed by atoms with E-state index < -0.39 is 26.9 Å². The minimum atomic E-state index is -3.95. The highest BCUT2D eigenvalue weighted by Crippen LogP contribution is 2.32. The molecule has 0 spiro atoms. The number of halogens is 1. The first-order valence-electron chi connectivity index (χ1n) is 5.93. The highest BCUT2D eigenvalue weighted by molar-refractivity contribution is 7.89. The van der Waals surface area contributed by atoms with Crippen molar-refractivity contribution in [3.8, 4) is 0 Å². The van der Waals surface area contributed by atoms with Crippen molar-refractivity contribution in [2.45, 2.75) is 38.1 Å². The van der Waals surface area contributed by atoms with E-state index in [1.54, 1.807) is 20.8 Å². The lowest BCUT2D eigenvalue weighted by Crippen LogP contribution is -2.60. The molecule has 0 radical (unpaired) electrons. The molecule has 1 rings (SSSR count). The molecule has 7 heteroatoms. The number of nitrogens with one attached hydrogen (secondary N) is 1. The van der Waals surface area contributed by atoms with E-state index in [0.29, 0.717) is 5.02 Å². The van der Waals surface area contributed by atoms with Gasteiger partial charge in [-0.05, 0) is 36.6 Å². The molecule has 112 valence electrons. The van der Waals surface area contributed by atoms with Gasteiger partial charge in [0.05, 0.1) is 4.90 Å². The Labute approximate surface area is 124 Å². The van der Waals surface area contributed by atoms with Gasteiger partial charge in [0, 0.05) is 5.02 Å². The Bertz CT molecular complexity index is 604. The summed E-state index contributed by atoms with van der Waals surface area (Å²) in [5, 5.41) is 9.78. The largest absolute Gasteiger partial charge is 0.480 e. The van der Waals surface area contributed by atoms with Gasteiger partial charge in [-0.2, -0.15) is 4.72 Å². The Morgan fingerprint density at radius 2 is 1.60 bits per heavy atom. The highest BCUT2D eigenvalue weighted by Gasteiger charge is 2.47. The number of carbonyl (C=O) groups is 1. The number of aliphatic carboxylic acids is 1. The van der Waals surface area contributed by atoms with E-state index in [2.05, 4.69) is 4.72 Å². The summed E-state index contributed by atoms with van der Waals surface area (Å²) in [6.07, 6.45) is 0. The van der Waals surface area contributed by atoms with Crippen molar-refractivity contribution >= 4 is 27.6 Å². The van der Waals surface area contributed by atoms with E-state index in [1.807, 2.05) is 0 Å². The van der Waals surface area contributed by atoms with Gasteiger partial charge in [-0.25, -0.2) is 8.42 Å². The van der Waals surface area contributed by atoms with Gasteiger partial charge in [0.2, 0.25) is 10.0 Å². The van der Waals surface area contributed by atoms with E-state index in [-0.39, 0.29) is 4.90 Å². The molecule has 20 heavy (non-hydrogen) atoms. The van der Waals surface area contributed by atoms with Crippen LogP contribution < -0.4 is 4.72 Å². The van der Waals surface area contributed by atoms with E-state index in [4.69, 9.17) is 11.6 Å². The topological polar surface area (TPSA) is 83.5 Å². The molecule has 0 saturated heterocycles. The SMILES string of the molecule is CC(C)(C)[C@@](C)(NS(=O)(=O)c1ccc(Cl)cc1)C(=O)O. The second-order valence-corrected chi connectivity index (χ2v) is 7.86. The molecule has 0 unspecified atom stereocenters. The van der Waals surface area contributed by atoms with Gasteiger partial charge in [-0.1, -0.05) is 32.4 Å². The Morgan fingerprint density at radius 3 is 1.95 bits per heavy atom. The third-order valence-electron chi connectivity index (χ3n) is 3.39. The number of carboxylic acid groups (broad SMARTS) is 1. The maximum Gasteiger partial charge on any atom is 0.325 e. The fourth-order valence-electron chi connectivity index (χ4n) is 1.46. The van der Waals surface area contributed by atoms with Gasteiger partial charge >= 0.3 is 5.97 Å². The van der Waals surface area contributed by atoms with E-state index in [0.717, 1.165) is 0 Å². The van der Waals surface area contributed by atoms with Crippen molar-refractivity contribution in [3.63, 3.8) is 0 Å². The van der Waals surface area contributed by atoms with Crippen LogP contribution >= 0.6 is 11.6 Å². The molecule has 1 aromatic carbocycles. The van der Waals surface area contributed by atoms with Crippen LogP contribution in [0.25, 0.3) is 0 Å². The summed E-state index contributed by atoms with van der Waals surface area (Å²) in [4.78, 5) is 11.5. The lowest BCUT2D eigenvalue weighted by Gasteiger charge is -2.38. The number of benzene rings is 1. The Kier molecular flexibility index (Phi) is 4.53. The molecule has 0 heterocycles. The molecule has 0 aromatic heterocycles. The molecule has 1 atom stereocenters. The van der Waals surface area contributed by atoms with Gasteiger partial charge in [0.1, 0.15) is 5.54 Å². The number of carboxylic acids is 1. The molecule has 2 N–H and O–H groups in total. The smallest absolute Gasteiger partial charge is 0.325 e. The van der Waals surface area contributed by atoms with Crippen LogP contribution in [0.3, 0.4) is 0 Å². The second kappa shape index (κ2) is 5.35. The van der Waals surface area contributed by atoms with Crippen LogP contribution in [0.5, 0.6) is 0 Å². The normalized spacial score (nSPS) is 15.7. The molecular formula is C13H18ClNO4S. The molecule has 0 aliphatic heterocycles. The number of sulfonamides is 1. The summed E-state index contributed by atoms with van der Waals surface area (Å²) in [5.74, 6) is -1.23. The summed E-state index contributed by atoms with van der Waals surface area (Å²) in [6, 6.07) is 5.53. The zero-order valence-corrected chi connectivity index (χ0v) is 13.3. The molecule has 0 amide bonds. The Morgan fingerprint density at radius 1 is 1.15 bits per heavy atom. The quantitative estimate of drug-likeness (QED) is 0.893. The van der Waals surface area contributed by atoms with Crippen LogP contribution in [0, 0.1) is 5.41 Å². The predicted octanol–water partition coefficient (Wildman–Crippen LogP) is 2.51. The first kappa shape index (κ1) is 16.9. The van der Waals surface area contributed by atoms with Crippen LogP contribution in [0.4, 0.5) is 0 Å². The molecule has 0 aliphatic rings. The average molecular weight is 320 g/mol. The van der Waals surface area contributed by atoms with Gasteiger partial charge in [-0.3, -0.25) is 4.79 Å². The fourth-order valence-corrected chi connectivity index (χ4v) is 3.13. The minimum Gasteiger partial charge on any atom is -0.480 e. The lowest BCUT2D eigenvalue weighted by molar-refractivity contribution is -0.147.